The van der Waals surface area contributed by atoms with Gasteiger partial charge in [-0.25, -0.2) is 4.79 Å². The van der Waals surface area contributed by atoms with E-state index in [0.717, 1.165) is 12.1 Å². The van der Waals surface area contributed by atoms with E-state index in [-0.39, 0.29) is 18.4 Å². The molecule has 0 spiro atoms. The predicted octanol–water partition coefficient (Wildman–Crippen LogP) is 3.19. The summed E-state index contributed by atoms with van der Waals surface area (Å²) in [5, 5.41) is 0. The van der Waals surface area contributed by atoms with Gasteiger partial charge < -0.3 is 14.5 Å². The summed E-state index contributed by atoms with van der Waals surface area (Å²) < 4.78 is 5.18. The number of nitrogens with zero attached hydrogens (tertiary/aromatic N) is 2. The van der Waals surface area contributed by atoms with E-state index in [1.165, 1.54) is 4.90 Å². The molecule has 2 aromatic carbocycles. The van der Waals surface area contributed by atoms with Crippen molar-refractivity contribution in [1.29, 1.82) is 0 Å². The van der Waals surface area contributed by atoms with Gasteiger partial charge in [-0.05, 0) is 42.8 Å². The lowest BCUT2D eigenvalue weighted by atomic mass is 10.2. The summed E-state index contributed by atoms with van der Waals surface area (Å²) in [5.74, 6) is -0.831. The summed E-state index contributed by atoms with van der Waals surface area (Å²) in [4.78, 5) is 39.8. The van der Waals surface area contributed by atoms with E-state index in [1.807, 2.05) is 30.3 Å². The van der Waals surface area contributed by atoms with E-state index in [4.69, 9.17) is 4.74 Å². The molecule has 1 heterocycles. The molecule has 2 amide bonds. The van der Waals surface area contributed by atoms with Crippen LogP contribution in [0.2, 0.25) is 0 Å². The number of hydrogen-bond donors (Lipinski definition) is 0. The van der Waals surface area contributed by atoms with Gasteiger partial charge in [0.05, 0.1) is 5.56 Å². The fraction of sp³-hybridized carbons (Fsp3) is 0.227. The van der Waals surface area contributed by atoms with Gasteiger partial charge in [0.1, 0.15) is 0 Å². The summed E-state index contributed by atoms with van der Waals surface area (Å²) in [5.41, 5.74) is 1.80. The molecule has 144 valence electrons. The smallest absolute Gasteiger partial charge is 0.338 e. The molecule has 0 aromatic heterocycles. The number of benzene rings is 2. The third kappa shape index (κ3) is 4.46. The number of carbonyl (C=O) groups is 3. The Bertz CT molecular complexity index is 862. The first-order valence-electron chi connectivity index (χ1n) is 9.14. The molecule has 0 aliphatic carbocycles. The molecule has 28 heavy (non-hydrogen) atoms. The number of esters is 1. The quantitative estimate of drug-likeness (QED) is 0.548. The molecule has 1 saturated heterocycles. The van der Waals surface area contributed by atoms with E-state index >= 15 is 0 Å². The van der Waals surface area contributed by atoms with Crippen LogP contribution in [0.4, 0.5) is 11.4 Å². The minimum Gasteiger partial charge on any atom is -0.452 e. The molecule has 0 unspecified atom stereocenters. The van der Waals surface area contributed by atoms with Gasteiger partial charge in [-0.1, -0.05) is 24.3 Å². The maximum absolute atomic E-state index is 12.5. The topological polar surface area (TPSA) is 66.9 Å². The second kappa shape index (κ2) is 8.99. The lowest BCUT2D eigenvalue weighted by Crippen LogP contribution is -2.34. The Labute approximate surface area is 164 Å². The minimum atomic E-state index is -0.584. The zero-order valence-corrected chi connectivity index (χ0v) is 15.5. The molecule has 1 aliphatic rings. The summed E-state index contributed by atoms with van der Waals surface area (Å²) in [6, 6.07) is 15.8. The number of ether oxygens (including phenoxy) is 1. The molecule has 0 bridgehead atoms. The zero-order chi connectivity index (χ0) is 19.9. The molecule has 0 N–H and O–H groups in total. The molecule has 0 radical (unpaired) electrons. The van der Waals surface area contributed by atoms with Crippen LogP contribution in [0.1, 0.15) is 23.2 Å². The highest BCUT2D eigenvalue weighted by Gasteiger charge is 2.22. The number of amides is 2. The van der Waals surface area contributed by atoms with Crippen molar-refractivity contribution in [2.75, 3.05) is 29.5 Å². The van der Waals surface area contributed by atoms with E-state index in [9.17, 15) is 14.4 Å². The second-order valence-corrected chi connectivity index (χ2v) is 6.40. The molecule has 2 aromatic rings. The van der Waals surface area contributed by atoms with Gasteiger partial charge in [0.25, 0.3) is 5.91 Å². The van der Waals surface area contributed by atoms with E-state index in [1.54, 1.807) is 35.2 Å². The van der Waals surface area contributed by atoms with Crippen LogP contribution in [-0.2, 0) is 14.3 Å². The number of anilines is 2. The fourth-order valence-corrected chi connectivity index (χ4v) is 3.08. The lowest BCUT2D eigenvalue weighted by molar-refractivity contribution is -0.121. The molecule has 0 saturated carbocycles. The van der Waals surface area contributed by atoms with Crippen molar-refractivity contribution in [3.05, 3.63) is 72.8 Å². The van der Waals surface area contributed by atoms with Crippen LogP contribution in [-0.4, -0.2) is 37.5 Å². The van der Waals surface area contributed by atoms with Crippen LogP contribution in [0.15, 0.2) is 67.3 Å². The highest BCUT2D eigenvalue weighted by molar-refractivity contribution is 5.98. The maximum Gasteiger partial charge on any atom is 0.338 e. The summed E-state index contributed by atoms with van der Waals surface area (Å²) in [7, 11) is 0. The number of carbonyl (C=O) groups excluding carboxylic acids is 3. The Balaban J connectivity index is 1.60. The Morgan fingerprint density at radius 2 is 1.82 bits per heavy atom. The van der Waals surface area contributed by atoms with Gasteiger partial charge in [-0.15, -0.1) is 6.58 Å². The Morgan fingerprint density at radius 3 is 2.43 bits per heavy atom. The van der Waals surface area contributed by atoms with Crippen LogP contribution >= 0.6 is 0 Å². The van der Waals surface area contributed by atoms with E-state index in [2.05, 4.69) is 6.58 Å². The molecule has 1 fully saturated rings. The summed E-state index contributed by atoms with van der Waals surface area (Å²) in [6.07, 6.45) is 3.01. The van der Waals surface area contributed by atoms with Gasteiger partial charge in [-0.3, -0.25) is 9.59 Å². The normalized spacial score (nSPS) is 13.3. The molecule has 0 atom stereocenters. The maximum atomic E-state index is 12.5. The highest BCUT2D eigenvalue weighted by atomic mass is 16.5. The molecule has 6 nitrogen and oxygen atoms in total. The molecular formula is C22H22N2O4. The van der Waals surface area contributed by atoms with Crippen molar-refractivity contribution in [2.45, 2.75) is 12.8 Å². The molecule has 1 aliphatic heterocycles. The van der Waals surface area contributed by atoms with E-state index in [0.29, 0.717) is 30.8 Å². The SMILES string of the molecule is C=CCN(C(=O)COC(=O)c1ccc(N2CCCC2=O)cc1)c1ccccc1. The average molecular weight is 378 g/mol. The standard InChI is InChI=1S/C22H22N2O4/c1-2-14-23(18-7-4-3-5-8-18)21(26)16-28-22(27)17-10-12-19(13-11-17)24-15-6-9-20(24)25/h2-5,7-8,10-13H,1,6,9,14-16H2. The highest BCUT2D eigenvalue weighted by Crippen LogP contribution is 2.22. The van der Waals surface area contributed by atoms with Crippen LogP contribution in [0.3, 0.4) is 0 Å². The third-order valence-electron chi connectivity index (χ3n) is 4.50. The minimum absolute atomic E-state index is 0.0872. The zero-order valence-electron chi connectivity index (χ0n) is 15.5. The Kier molecular flexibility index (Phi) is 6.22. The van der Waals surface area contributed by atoms with Crippen molar-refractivity contribution >= 4 is 29.2 Å². The predicted molar refractivity (Wildman–Crippen MR) is 107 cm³/mol. The van der Waals surface area contributed by atoms with Gasteiger partial charge in [-0.2, -0.15) is 0 Å². The summed E-state index contributed by atoms with van der Waals surface area (Å²) in [6.45, 7) is 4.31. The van der Waals surface area contributed by atoms with Crippen LogP contribution in [0.5, 0.6) is 0 Å². The molecule has 6 heteroatoms. The Morgan fingerprint density at radius 1 is 1.11 bits per heavy atom. The average Bonchev–Trinajstić information content (AvgIpc) is 3.16. The monoisotopic (exact) mass is 378 g/mol. The van der Waals surface area contributed by atoms with E-state index < -0.39 is 5.97 Å². The third-order valence-corrected chi connectivity index (χ3v) is 4.50. The first-order valence-corrected chi connectivity index (χ1v) is 9.14. The van der Waals surface area contributed by atoms with Gasteiger partial charge >= 0.3 is 5.97 Å². The van der Waals surface area contributed by atoms with Crippen LogP contribution in [0.25, 0.3) is 0 Å². The number of rotatable bonds is 7. The Hall–Kier alpha value is -3.41. The lowest BCUT2D eigenvalue weighted by Gasteiger charge is -2.21. The second-order valence-electron chi connectivity index (χ2n) is 6.40. The fourth-order valence-electron chi connectivity index (χ4n) is 3.08. The number of para-hydroxylation sites is 1. The van der Waals surface area contributed by atoms with Crippen LogP contribution in [0, 0.1) is 0 Å². The van der Waals surface area contributed by atoms with Crippen molar-refractivity contribution in [3.8, 4) is 0 Å². The molecule has 3 rings (SSSR count). The van der Waals surface area contributed by atoms with Gasteiger partial charge in [0.2, 0.25) is 5.91 Å². The van der Waals surface area contributed by atoms with Gasteiger partial charge in [0, 0.05) is 30.9 Å². The largest absolute Gasteiger partial charge is 0.452 e. The summed E-state index contributed by atoms with van der Waals surface area (Å²) >= 11 is 0. The van der Waals surface area contributed by atoms with Crippen molar-refractivity contribution in [2.24, 2.45) is 0 Å². The van der Waals surface area contributed by atoms with Crippen LogP contribution < -0.4 is 9.80 Å². The molecular weight excluding hydrogens is 356 g/mol. The first kappa shape index (κ1) is 19.4. The first-order chi connectivity index (χ1) is 13.6. The number of hydrogen-bond acceptors (Lipinski definition) is 4. The van der Waals surface area contributed by atoms with Crippen molar-refractivity contribution in [3.63, 3.8) is 0 Å². The van der Waals surface area contributed by atoms with Crippen molar-refractivity contribution in [1.82, 2.24) is 0 Å². The van der Waals surface area contributed by atoms with Gasteiger partial charge in [0.15, 0.2) is 6.61 Å². The van der Waals surface area contributed by atoms with Crippen molar-refractivity contribution < 1.29 is 19.1 Å².